The molecule has 3 rings (SSSR count). The van der Waals surface area contributed by atoms with Crippen molar-refractivity contribution < 1.29 is 13.3 Å². The summed E-state index contributed by atoms with van der Waals surface area (Å²) in [6.07, 6.45) is 1.30. The Morgan fingerprint density at radius 2 is 2.05 bits per heavy atom. The standard InChI is InChI=1S/C12H16N4O3S2/c1-8-10(9-11(17)13-7-14-12(9)20-8)21(18,19)16-5-3-15(2)4-6-16/h7H,3-6H2,1-2H3,(H,13,14,17)/p+1. The maximum Gasteiger partial charge on any atom is 0.260 e. The number of quaternary nitrogens is 1. The van der Waals surface area contributed by atoms with Gasteiger partial charge in [0.15, 0.2) is 0 Å². The molecule has 2 aromatic rings. The van der Waals surface area contributed by atoms with Gasteiger partial charge in [0.1, 0.15) is 9.73 Å². The van der Waals surface area contributed by atoms with Crippen LogP contribution in [-0.2, 0) is 10.0 Å². The number of rotatable bonds is 2. The third-order valence-corrected chi connectivity index (χ3v) is 7.00. The minimum absolute atomic E-state index is 0.122. The van der Waals surface area contributed by atoms with Crippen molar-refractivity contribution in [3.05, 3.63) is 21.6 Å². The molecule has 7 nitrogen and oxygen atoms in total. The number of nitrogens with one attached hydrogen (secondary N) is 2. The summed E-state index contributed by atoms with van der Waals surface area (Å²) < 4.78 is 27.2. The molecule has 1 saturated heterocycles. The van der Waals surface area contributed by atoms with Gasteiger partial charge in [0.25, 0.3) is 5.56 Å². The highest BCUT2D eigenvalue weighted by Gasteiger charge is 2.33. The third kappa shape index (κ3) is 2.39. The second kappa shape index (κ2) is 5.16. The quantitative estimate of drug-likeness (QED) is 0.725. The fourth-order valence-electron chi connectivity index (χ4n) is 2.58. The van der Waals surface area contributed by atoms with Crippen molar-refractivity contribution in [1.29, 1.82) is 0 Å². The monoisotopic (exact) mass is 329 g/mol. The lowest BCUT2D eigenvalue weighted by atomic mass is 10.4. The Kier molecular flexibility index (Phi) is 3.60. The Morgan fingerprint density at radius 1 is 1.38 bits per heavy atom. The van der Waals surface area contributed by atoms with Crippen molar-refractivity contribution in [3.8, 4) is 0 Å². The maximum atomic E-state index is 12.9. The second-order valence-corrected chi connectivity index (χ2v) is 8.34. The van der Waals surface area contributed by atoms with Crippen LogP contribution in [0.1, 0.15) is 4.88 Å². The van der Waals surface area contributed by atoms with Crippen LogP contribution in [0, 0.1) is 6.92 Å². The van der Waals surface area contributed by atoms with Crippen LogP contribution in [-0.4, -0.2) is 55.9 Å². The van der Waals surface area contributed by atoms with Crippen LogP contribution in [0.15, 0.2) is 16.0 Å². The van der Waals surface area contributed by atoms with E-state index in [-0.39, 0.29) is 10.3 Å². The highest BCUT2D eigenvalue weighted by atomic mass is 32.2. The van der Waals surface area contributed by atoms with E-state index < -0.39 is 15.6 Å². The number of H-pyrrole nitrogens is 1. The summed E-state index contributed by atoms with van der Waals surface area (Å²) in [5.41, 5.74) is -0.400. The fourth-order valence-corrected chi connectivity index (χ4v) is 5.70. The van der Waals surface area contributed by atoms with Crippen molar-refractivity contribution in [3.63, 3.8) is 0 Å². The molecule has 0 amide bonds. The lowest BCUT2D eigenvalue weighted by Gasteiger charge is -2.29. The van der Waals surface area contributed by atoms with Gasteiger partial charge in [-0.2, -0.15) is 4.31 Å². The number of nitrogens with zero attached hydrogens (tertiary/aromatic N) is 2. The largest absolute Gasteiger partial charge is 0.335 e. The molecule has 1 fully saturated rings. The fraction of sp³-hybridized carbons (Fsp3) is 0.500. The molecule has 0 bridgehead atoms. The Hall–Kier alpha value is -1.29. The number of aromatic amines is 1. The predicted octanol–water partition coefficient (Wildman–Crippen LogP) is -1.19. The van der Waals surface area contributed by atoms with Crippen molar-refractivity contribution in [2.24, 2.45) is 0 Å². The van der Waals surface area contributed by atoms with Crippen molar-refractivity contribution in [2.75, 3.05) is 33.2 Å². The van der Waals surface area contributed by atoms with Gasteiger partial charge < -0.3 is 9.88 Å². The van der Waals surface area contributed by atoms with Crippen molar-refractivity contribution >= 4 is 31.6 Å². The molecule has 0 spiro atoms. The molecular weight excluding hydrogens is 312 g/mol. The molecule has 0 atom stereocenters. The number of thiophene rings is 1. The summed E-state index contributed by atoms with van der Waals surface area (Å²) in [4.78, 5) is 21.1. The van der Waals surface area contributed by atoms with E-state index in [1.807, 2.05) is 7.05 Å². The van der Waals surface area contributed by atoms with Crippen LogP contribution >= 0.6 is 11.3 Å². The smallest absolute Gasteiger partial charge is 0.260 e. The lowest BCUT2D eigenvalue weighted by molar-refractivity contribution is -0.883. The van der Waals surface area contributed by atoms with Crippen molar-refractivity contribution in [2.45, 2.75) is 11.8 Å². The van der Waals surface area contributed by atoms with E-state index in [4.69, 9.17) is 0 Å². The van der Waals surface area contributed by atoms with Crippen LogP contribution in [0.2, 0.25) is 0 Å². The van der Waals surface area contributed by atoms with Gasteiger partial charge in [-0.25, -0.2) is 13.4 Å². The van der Waals surface area contributed by atoms with E-state index in [9.17, 15) is 13.2 Å². The average molecular weight is 329 g/mol. The van der Waals surface area contributed by atoms with E-state index >= 15 is 0 Å². The Balaban J connectivity index is 2.15. The summed E-state index contributed by atoms with van der Waals surface area (Å²) in [6, 6.07) is 0. The lowest BCUT2D eigenvalue weighted by Crippen LogP contribution is -3.12. The Bertz CT molecular complexity index is 832. The maximum absolute atomic E-state index is 12.9. The number of fused-ring (bicyclic) bond motifs is 1. The van der Waals surface area contributed by atoms with E-state index in [1.54, 1.807) is 6.92 Å². The number of aryl methyl sites for hydroxylation is 1. The molecule has 1 aliphatic rings. The molecule has 2 aromatic heterocycles. The van der Waals surface area contributed by atoms with Crippen molar-refractivity contribution in [1.82, 2.24) is 14.3 Å². The average Bonchev–Trinajstić information content (AvgIpc) is 2.77. The zero-order valence-electron chi connectivity index (χ0n) is 11.8. The Labute approximate surface area is 126 Å². The predicted molar refractivity (Wildman–Crippen MR) is 80.4 cm³/mol. The number of piperazine rings is 1. The molecule has 114 valence electrons. The minimum Gasteiger partial charge on any atom is -0.335 e. The zero-order chi connectivity index (χ0) is 15.2. The highest BCUT2D eigenvalue weighted by molar-refractivity contribution is 7.89. The van der Waals surface area contributed by atoms with Gasteiger partial charge in [-0.05, 0) is 6.92 Å². The summed E-state index contributed by atoms with van der Waals surface area (Å²) in [5, 5.41) is 0.186. The molecule has 0 unspecified atom stereocenters. The van der Waals surface area contributed by atoms with Crippen LogP contribution in [0.4, 0.5) is 0 Å². The van der Waals surface area contributed by atoms with Gasteiger partial charge in [-0.3, -0.25) is 4.79 Å². The number of likely N-dealkylation sites (N-methyl/N-ethyl adjacent to an activating group) is 1. The molecule has 9 heteroatoms. The molecule has 0 radical (unpaired) electrons. The number of hydrogen-bond donors (Lipinski definition) is 2. The molecule has 1 aliphatic heterocycles. The zero-order valence-corrected chi connectivity index (χ0v) is 13.5. The molecule has 0 aromatic carbocycles. The van der Waals surface area contributed by atoms with Crippen LogP contribution in [0.25, 0.3) is 10.2 Å². The van der Waals surface area contributed by atoms with E-state index in [0.717, 1.165) is 13.1 Å². The number of aromatic nitrogens is 2. The summed E-state index contributed by atoms with van der Waals surface area (Å²) in [5.74, 6) is 0. The normalized spacial score (nSPS) is 18.4. The van der Waals surface area contributed by atoms with Gasteiger partial charge in [0, 0.05) is 4.88 Å². The molecule has 3 heterocycles. The molecule has 2 N–H and O–H groups in total. The van der Waals surface area contributed by atoms with Crippen LogP contribution in [0.3, 0.4) is 0 Å². The first-order valence-electron chi connectivity index (χ1n) is 6.69. The highest BCUT2D eigenvalue weighted by Crippen LogP contribution is 2.32. The van der Waals surface area contributed by atoms with Crippen LogP contribution < -0.4 is 10.5 Å². The summed E-state index contributed by atoms with van der Waals surface area (Å²) in [6.45, 7) is 4.22. The van der Waals surface area contributed by atoms with Crippen LogP contribution in [0.5, 0.6) is 0 Å². The first kappa shape index (κ1) is 14.6. The van der Waals surface area contributed by atoms with Gasteiger partial charge in [-0.15, -0.1) is 11.3 Å². The number of sulfonamides is 1. The minimum atomic E-state index is -3.65. The first-order chi connectivity index (χ1) is 9.91. The van der Waals surface area contributed by atoms with E-state index in [0.29, 0.717) is 22.8 Å². The molecule has 0 saturated carbocycles. The van der Waals surface area contributed by atoms with Gasteiger partial charge >= 0.3 is 0 Å². The number of hydrogen-bond acceptors (Lipinski definition) is 5. The molecule has 0 aliphatic carbocycles. The van der Waals surface area contributed by atoms with Gasteiger partial charge in [0.2, 0.25) is 10.0 Å². The topological polar surface area (TPSA) is 87.6 Å². The Morgan fingerprint density at radius 3 is 2.71 bits per heavy atom. The molecule has 21 heavy (non-hydrogen) atoms. The second-order valence-electron chi connectivity index (χ2n) is 5.26. The van der Waals surface area contributed by atoms with Gasteiger partial charge in [-0.1, -0.05) is 0 Å². The molecular formula is C12H17N4O3S2+. The SMILES string of the molecule is Cc1sc2nc[nH]c(=O)c2c1S(=O)(=O)N1CC[NH+](C)CC1. The summed E-state index contributed by atoms with van der Waals surface area (Å²) in [7, 11) is -1.61. The third-order valence-electron chi connectivity index (χ3n) is 3.79. The van der Waals surface area contributed by atoms with Gasteiger partial charge in [0.05, 0.1) is 44.9 Å². The van der Waals surface area contributed by atoms with E-state index in [1.165, 1.54) is 26.9 Å². The first-order valence-corrected chi connectivity index (χ1v) is 8.95. The summed E-state index contributed by atoms with van der Waals surface area (Å²) >= 11 is 1.24. The van der Waals surface area contributed by atoms with E-state index in [2.05, 4.69) is 9.97 Å².